The molecule has 0 radical (unpaired) electrons. The summed E-state index contributed by atoms with van der Waals surface area (Å²) in [6, 6.07) is 12.8. The molecular formula is C18H24N2. The lowest BCUT2D eigenvalue weighted by Crippen LogP contribution is -2.02. The molecule has 0 atom stereocenters. The van der Waals surface area contributed by atoms with Gasteiger partial charge in [-0.25, -0.2) is 0 Å². The number of rotatable bonds is 5. The van der Waals surface area contributed by atoms with Gasteiger partial charge in [-0.15, -0.1) is 0 Å². The molecule has 0 spiro atoms. The second-order valence-electron chi connectivity index (χ2n) is 5.30. The Kier molecular flexibility index (Phi) is 4.67. The van der Waals surface area contributed by atoms with Crippen LogP contribution in [0.3, 0.4) is 0 Å². The fourth-order valence-electron chi connectivity index (χ4n) is 2.56. The third-order valence-electron chi connectivity index (χ3n) is 3.70. The van der Waals surface area contributed by atoms with Crippen LogP contribution in [0.25, 0.3) is 11.1 Å². The van der Waals surface area contributed by atoms with Crippen LogP contribution in [0.15, 0.2) is 36.4 Å². The molecule has 0 fully saturated rings. The van der Waals surface area contributed by atoms with Gasteiger partial charge in [0.05, 0.1) is 11.4 Å². The molecule has 0 aromatic heterocycles. The van der Waals surface area contributed by atoms with E-state index in [1.54, 1.807) is 0 Å². The Labute approximate surface area is 121 Å². The standard InChI is InChI=1S/C18H24N2/c1-3-5-13-7-9-14(10-8-13)16-12-11-15(6-4-2)17(19)18(16)20/h7-12H,3-6,19-20H2,1-2H3. The van der Waals surface area contributed by atoms with E-state index in [2.05, 4.69) is 50.2 Å². The zero-order valence-corrected chi connectivity index (χ0v) is 12.4. The van der Waals surface area contributed by atoms with Crippen LogP contribution in [-0.4, -0.2) is 0 Å². The second kappa shape index (κ2) is 6.47. The van der Waals surface area contributed by atoms with Crippen molar-refractivity contribution in [3.63, 3.8) is 0 Å². The van der Waals surface area contributed by atoms with Crippen molar-refractivity contribution in [2.75, 3.05) is 11.5 Å². The van der Waals surface area contributed by atoms with Gasteiger partial charge >= 0.3 is 0 Å². The minimum atomic E-state index is 0.708. The van der Waals surface area contributed by atoms with Crippen molar-refractivity contribution in [1.29, 1.82) is 0 Å². The lowest BCUT2D eigenvalue weighted by Gasteiger charge is -2.13. The summed E-state index contributed by atoms with van der Waals surface area (Å²) in [5, 5.41) is 0. The van der Waals surface area contributed by atoms with Crippen molar-refractivity contribution in [3.8, 4) is 11.1 Å². The number of hydrogen-bond acceptors (Lipinski definition) is 2. The first-order valence-corrected chi connectivity index (χ1v) is 7.43. The minimum absolute atomic E-state index is 0.708. The van der Waals surface area contributed by atoms with Crippen LogP contribution >= 0.6 is 0 Å². The highest BCUT2D eigenvalue weighted by Gasteiger charge is 2.09. The fraction of sp³-hybridized carbons (Fsp3) is 0.333. The topological polar surface area (TPSA) is 52.0 Å². The van der Waals surface area contributed by atoms with Gasteiger partial charge < -0.3 is 11.5 Å². The highest BCUT2D eigenvalue weighted by atomic mass is 14.7. The van der Waals surface area contributed by atoms with Gasteiger partial charge in [0, 0.05) is 5.56 Å². The maximum Gasteiger partial charge on any atom is 0.0630 e. The Hall–Kier alpha value is -1.96. The Balaban J connectivity index is 2.35. The Bertz CT molecular complexity index is 571. The van der Waals surface area contributed by atoms with E-state index in [1.165, 1.54) is 12.0 Å². The first-order valence-electron chi connectivity index (χ1n) is 7.43. The first kappa shape index (κ1) is 14.4. The lowest BCUT2D eigenvalue weighted by molar-refractivity contribution is 0.922. The number of anilines is 2. The molecule has 0 saturated heterocycles. The molecule has 0 unspecified atom stereocenters. The predicted octanol–water partition coefficient (Wildman–Crippen LogP) is 4.42. The van der Waals surface area contributed by atoms with Crippen molar-refractivity contribution in [2.24, 2.45) is 0 Å². The van der Waals surface area contributed by atoms with Gasteiger partial charge in [0.15, 0.2) is 0 Å². The van der Waals surface area contributed by atoms with Gasteiger partial charge in [-0.1, -0.05) is 63.1 Å². The molecule has 106 valence electrons. The van der Waals surface area contributed by atoms with Gasteiger partial charge in [-0.2, -0.15) is 0 Å². The van der Waals surface area contributed by atoms with Crippen LogP contribution in [-0.2, 0) is 12.8 Å². The van der Waals surface area contributed by atoms with Gasteiger partial charge in [0.2, 0.25) is 0 Å². The van der Waals surface area contributed by atoms with E-state index in [1.807, 2.05) is 0 Å². The summed E-state index contributed by atoms with van der Waals surface area (Å²) < 4.78 is 0. The van der Waals surface area contributed by atoms with Crippen LogP contribution in [0.2, 0.25) is 0 Å². The summed E-state index contributed by atoms with van der Waals surface area (Å²) in [4.78, 5) is 0. The van der Waals surface area contributed by atoms with Gasteiger partial charge in [-0.05, 0) is 29.5 Å². The molecule has 20 heavy (non-hydrogen) atoms. The molecule has 0 saturated carbocycles. The molecule has 0 heterocycles. The molecule has 2 nitrogen and oxygen atoms in total. The first-order chi connectivity index (χ1) is 9.67. The zero-order valence-electron chi connectivity index (χ0n) is 12.4. The normalized spacial score (nSPS) is 10.7. The van der Waals surface area contributed by atoms with E-state index < -0.39 is 0 Å². The average molecular weight is 268 g/mol. The third-order valence-corrected chi connectivity index (χ3v) is 3.70. The van der Waals surface area contributed by atoms with Crippen LogP contribution in [0.4, 0.5) is 11.4 Å². The summed E-state index contributed by atoms with van der Waals surface area (Å²) in [5.41, 5.74) is 18.5. The molecule has 2 rings (SSSR count). The van der Waals surface area contributed by atoms with E-state index in [4.69, 9.17) is 11.5 Å². The number of nitrogen functional groups attached to an aromatic ring is 2. The highest BCUT2D eigenvalue weighted by molar-refractivity contribution is 5.86. The van der Waals surface area contributed by atoms with E-state index in [9.17, 15) is 0 Å². The summed E-state index contributed by atoms with van der Waals surface area (Å²) >= 11 is 0. The van der Waals surface area contributed by atoms with E-state index in [0.717, 1.165) is 41.6 Å². The van der Waals surface area contributed by atoms with Gasteiger partial charge in [0.1, 0.15) is 0 Å². The van der Waals surface area contributed by atoms with Crippen LogP contribution in [0, 0.1) is 0 Å². The monoisotopic (exact) mass is 268 g/mol. The maximum absolute atomic E-state index is 6.22. The second-order valence-corrected chi connectivity index (χ2v) is 5.30. The summed E-state index contributed by atoms with van der Waals surface area (Å²) in [6.07, 6.45) is 4.34. The smallest absolute Gasteiger partial charge is 0.0630 e. The molecule has 2 aromatic rings. The molecule has 0 amide bonds. The van der Waals surface area contributed by atoms with Crippen molar-refractivity contribution in [2.45, 2.75) is 39.5 Å². The number of nitrogens with two attached hydrogens (primary N) is 2. The van der Waals surface area contributed by atoms with Crippen molar-refractivity contribution in [3.05, 3.63) is 47.5 Å². The molecule has 2 heteroatoms. The van der Waals surface area contributed by atoms with Gasteiger partial charge in [-0.3, -0.25) is 0 Å². The third kappa shape index (κ3) is 2.96. The molecule has 0 aliphatic rings. The van der Waals surface area contributed by atoms with Crippen molar-refractivity contribution < 1.29 is 0 Å². The van der Waals surface area contributed by atoms with Crippen molar-refractivity contribution in [1.82, 2.24) is 0 Å². The SMILES string of the molecule is CCCc1ccc(-c2ccc(CCC)c(N)c2N)cc1. The fourth-order valence-corrected chi connectivity index (χ4v) is 2.56. The van der Waals surface area contributed by atoms with E-state index in [0.29, 0.717) is 5.69 Å². The molecule has 0 aliphatic carbocycles. The van der Waals surface area contributed by atoms with Gasteiger partial charge in [0.25, 0.3) is 0 Å². The summed E-state index contributed by atoms with van der Waals surface area (Å²) in [7, 11) is 0. The molecule has 2 aromatic carbocycles. The molecule has 4 N–H and O–H groups in total. The Morgan fingerprint density at radius 2 is 1.40 bits per heavy atom. The van der Waals surface area contributed by atoms with Crippen LogP contribution < -0.4 is 11.5 Å². The van der Waals surface area contributed by atoms with Crippen LogP contribution in [0.5, 0.6) is 0 Å². The Morgan fingerprint density at radius 3 is 2.00 bits per heavy atom. The predicted molar refractivity (Wildman–Crippen MR) is 88.7 cm³/mol. The average Bonchev–Trinajstić information content (AvgIpc) is 2.46. The molecule has 0 bridgehead atoms. The summed E-state index contributed by atoms with van der Waals surface area (Å²) in [6.45, 7) is 4.34. The van der Waals surface area contributed by atoms with Crippen LogP contribution in [0.1, 0.15) is 37.8 Å². The largest absolute Gasteiger partial charge is 0.397 e. The number of aryl methyl sites for hydroxylation is 2. The highest BCUT2D eigenvalue weighted by Crippen LogP contribution is 2.33. The molecular weight excluding hydrogens is 244 g/mol. The van der Waals surface area contributed by atoms with E-state index >= 15 is 0 Å². The quantitative estimate of drug-likeness (QED) is 0.788. The number of benzene rings is 2. The lowest BCUT2D eigenvalue weighted by atomic mass is 9.97. The van der Waals surface area contributed by atoms with Crippen molar-refractivity contribution >= 4 is 11.4 Å². The molecule has 0 aliphatic heterocycles. The maximum atomic E-state index is 6.22. The zero-order chi connectivity index (χ0) is 14.5. The van der Waals surface area contributed by atoms with E-state index in [-0.39, 0.29) is 0 Å². The Morgan fingerprint density at radius 1 is 0.750 bits per heavy atom. The number of hydrogen-bond donors (Lipinski definition) is 2. The summed E-state index contributed by atoms with van der Waals surface area (Å²) in [5.74, 6) is 0. The minimum Gasteiger partial charge on any atom is -0.397 e.